The van der Waals surface area contributed by atoms with E-state index in [4.69, 9.17) is 16.3 Å². The highest BCUT2D eigenvalue weighted by Gasteiger charge is 2.44. The second kappa shape index (κ2) is 7.65. The second-order valence-corrected chi connectivity index (χ2v) is 8.32. The highest BCUT2D eigenvalue weighted by atomic mass is 35.5. The van der Waals surface area contributed by atoms with Crippen LogP contribution in [0.1, 0.15) is 43.2 Å². The fourth-order valence-corrected chi connectivity index (χ4v) is 4.64. The molecule has 2 aliphatic rings. The number of carbonyl (C=O) groups excluding carboxylic acids is 1. The first-order chi connectivity index (χ1) is 13.1. The Balaban J connectivity index is 1.54. The Morgan fingerprint density at radius 3 is 2.19 bits per heavy atom. The van der Waals surface area contributed by atoms with Crippen LogP contribution in [0.2, 0.25) is 5.02 Å². The van der Waals surface area contributed by atoms with Crippen LogP contribution < -0.4 is 5.32 Å². The highest BCUT2D eigenvalue weighted by Crippen LogP contribution is 2.44. The first-order valence-electron chi connectivity index (χ1n) is 9.82. The van der Waals surface area contributed by atoms with Gasteiger partial charge in [-0.2, -0.15) is 0 Å². The predicted molar refractivity (Wildman–Crippen MR) is 108 cm³/mol. The van der Waals surface area contributed by atoms with Crippen LogP contribution in [0, 0.1) is 0 Å². The molecule has 1 saturated carbocycles. The van der Waals surface area contributed by atoms with Crippen molar-refractivity contribution in [2.24, 2.45) is 0 Å². The number of benzene rings is 2. The van der Waals surface area contributed by atoms with Gasteiger partial charge in [0.2, 0.25) is 5.91 Å². The van der Waals surface area contributed by atoms with E-state index in [1.54, 1.807) is 0 Å². The first kappa shape index (κ1) is 18.5. The van der Waals surface area contributed by atoms with E-state index in [0.29, 0.717) is 19.8 Å². The molecule has 1 aliphatic carbocycles. The molecule has 0 unspecified atom stereocenters. The molecular formula is C23H26ClNO2. The summed E-state index contributed by atoms with van der Waals surface area (Å²) in [5.74, 6) is 0.136. The van der Waals surface area contributed by atoms with Crippen LogP contribution in [0.3, 0.4) is 0 Å². The van der Waals surface area contributed by atoms with Crippen molar-refractivity contribution in [1.82, 2.24) is 5.32 Å². The molecule has 1 aliphatic heterocycles. The lowest BCUT2D eigenvalue weighted by Crippen LogP contribution is -2.53. The maximum atomic E-state index is 13.4. The van der Waals surface area contributed by atoms with E-state index in [9.17, 15) is 4.79 Å². The molecule has 1 amide bonds. The highest BCUT2D eigenvalue weighted by molar-refractivity contribution is 6.30. The van der Waals surface area contributed by atoms with Crippen molar-refractivity contribution in [3.8, 4) is 0 Å². The third-order valence-electron chi connectivity index (χ3n) is 6.46. The molecule has 1 heterocycles. The lowest BCUT2D eigenvalue weighted by atomic mass is 9.64. The van der Waals surface area contributed by atoms with E-state index in [0.717, 1.165) is 36.3 Å². The number of carbonyl (C=O) groups is 1. The van der Waals surface area contributed by atoms with Gasteiger partial charge in [0.15, 0.2) is 0 Å². The molecule has 4 rings (SSSR count). The minimum Gasteiger partial charge on any atom is -0.381 e. The zero-order chi connectivity index (χ0) is 18.7. The Kier molecular flexibility index (Phi) is 5.25. The van der Waals surface area contributed by atoms with E-state index in [-0.39, 0.29) is 11.3 Å². The van der Waals surface area contributed by atoms with Gasteiger partial charge in [-0.25, -0.2) is 0 Å². The van der Waals surface area contributed by atoms with E-state index >= 15 is 0 Å². The van der Waals surface area contributed by atoms with Crippen LogP contribution >= 0.6 is 11.6 Å². The maximum absolute atomic E-state index is 13.4. The van der Waals surface area contributed by atoms with Crippen LogP contribution in [0.4, 0.5) is 0 Å². The average Bonchev–Trinajstić information content (AvgIpc) is 2.69. The van der Waals surface area contributed by atoms with E-state index < -0.39 is 5.41 Å². The molecule has 27 heavy (non-hydrogen) atoms. The summed E-state index contributed by atoms with van der Waals surface area (Å²) in [6, 6.07) is 18.3. The molecule has 0 bridgehead atoms. The predicted octanol–water partition coefficient (Wildman–Crippen LogP) is 4.63. The van der Waals surface area contributed by atoms with Gasteiger partial charge in [-0.15, -0.1) is 0 Å². The van der Waals surface area contributed by atoms with Crippen LogP contribution in [-0.2, 0) is 20.4 Å². The van der Waals surface area contributed by atoms with Gasteiger partial charge in [0, 0.05) is 30.2 Å². The summed E-state index contributed by atoms with van der Waals surface area (Å²) in [5.41, 5.74) is 1.94. The summed E-state index contributed by atoms with van der Waals surface area (Å²) in [4.78, 5) is 13.4. The number of ether oxygens (including phenoxy) is 1. The summed E-state index contributed by atoms with van der Waals surface area (Å²) >= 11 is 6.06. The molecule has 3 nitrogen and oxygen atoms in total. The quantitative estimate of drug-likeness (QED) is 0.817. The molecule has 1 saturated heterocycles. The Hall–Kier alpha value is -1.84. The molecule has 0 spiro atoms. The fourth-order valence-electron chi connectivity index (χ4n) is 4.52. The van der Waals surface area contributed by atoms with E-state index in [2.05, 4.69) is 29.6 Å². The van der Waals surface area contributed by atoms with Gasteiger partial charge in [-0.3, -0.25) is 4.79 Å². The van der Waals surface area contributed by atoms with Gasteiger partial charge in [0.05, 0.1) is 5.41 Å². The number of rotatable bonds is 5. The van der Waals surface area contributed by atoms with Crippen LogP contribution in [0.25, 0.3) is 0 Å². The zero-order valence-electron chi connectivity index (χ0n) is 15.5. The Labute approximate surface area is 166 Å². The second-order valence-electron chi connectivity index (χ2n) is 7.88. The van der Waals surface area contributed by atoms with Crippen LogP contribution in [0.15, 0.2) is 54.6 Å². The summed E-state index contributed by atoms with van der Waals surface area (Å²) in [6.07, 6.45) is 4.89. The number of nitrogens with one attached hydrogen (secondary N) is 1. The fraction of sp³-hybridized carbons (Fsp3) is 0.435. The number of hydrogen-bond acceptors (Lipinski definition) is 2. The van der Waals surface area contributed by atoms with Gasteiger partial charge in [0.1, 0.15) is 0 Å². The van der Waals surface area contributed by atoms with Crippen molar-refractivity contribution in [1.29, 1.82) is 0 Å². The molecule has 142 valence electrons. The van der Waals surface area contributed by atoms with Crippen LogP contribution in [0.5, 0.6) is 0 Å². The Morgan fingerprint density at radius 2 is 1.59 bits per heavy atom. The largest absolute Gasteiger partial charge is 0.381 e. The molecule has 0 aromatic heterocycles. The van der Waals surface area contributed by atoms with Crippen molar-refractivity contribution >= 4 is 17.5 Å². The smallest absolute Gasteiger partial charge is 0.230 e. The Morgan fingerprint density at radius 1 is 0.926 bits per heavy atom. The average molecular weight is 384 g/mol. The standard InChI is InChI=1S/C23H26ClNO2/c24-20-9-7-18(8-10-20)22(11-4-12-22)17-25-21(26)23(13-15-27-16-14-23)19-5-2-1-3-6-19/h1-3,5-10H,4,11-17H2,(H,25,26). The maximum Gasteiger partial charge on any atom is 0.230 e. The molecular weight excluding hydrogens is 358 g/mol. The minimum atomic E-state index is -0.482. The van der Waals surface area contributed by atoms with Gasteiger partial charge >= 0.3 is 0 Å². The number of amides is 1. The van der Waals surface area contributed by atoms with E-state index in [1.807, 2.05) is 30.3 Å². The van der Waals surface area contributed by atoms with Crippen molar-refractivity contribution in [3.63, 3.8) is 0 Å². The lowest BCUT2D eigenvalue weighted by Gasteiger charge is -2.44. The normalized spacial score (nSPS) is 20.5. The third-order valence-corrected chi connectivity index (χ3v) is 6.71. The van der Waals surface area contributed by atoms with Gasteiger partial charge in [0.25, 0.3) is 0 Å². The molecule has 1 N–H and O–H groups in total. The van der Waals surface area contributed by atoms with Gasteiger partial charge < -0.3 is 10.1 Å². The molecule has 0 radical (unpaired) electrons. The van der Waals surface area contributed by atoms with E-state index in [1.165, 1.54) is 12.0 Å². The third kappa shape index (κ3) is 3.51. The SMILES string of the molecule is O=C(NCC1(c2ccc(Cl)cc2)CCC1)C1(c2ccccc2)CCOCC1. The van der Waals surface area contributed by atoms with Crippen molar-refractivity contribution in [2.75, 3.05) is 19.8 Å². The molecule has 2 aromatic rings. The zero-order valence-corrected chi connectivity index (χ0v) is 16.3. The van der Waals surface area contributed by atoms with Crippen molar-refractivity contribution < 1.29 is 9.53 Å². The van der Waals surface area contributed by atoms with Crippen molar-refractivity contribution in [2.45, 2.75) is 42.9 Å². The monoisotopic (exact) mass is 383 g/mol. The molecule has 4 heteroatoms. The molecule has 0 atom stereocenters. The topological polar surface area (TPSA) is 38.3 Å². The molecule has 2 aromatic carbocycles. The van der Waals surface area contributed by atoms with Gasteiger partial charge in [-0.05, 0) is 48.9 Å². The molecule has 2 fully saturated rings. The summed E-state index contributed by atoms with van der Waals surface area (Å²) in [5, 5.41) is 4.07. The lowest BCUT2D eigenvalue weighted by molar-refractivity contribution is -0.131. The first-order valence-corrected chi connectivity index (χ1v) is 10.2. The summed E-state index contributed by atoms with van der Waals surface area (Å²) in [7, 11) is 0. The summed E-state index contributed by atoms with van der Waals surface area (Å²) in [6.45, 7) is 1.94. The minimum absolute atomic E-state index is 0.0449. The summed E-state index contributed by atoms with van der Waals surface area (Å²) < 4.78 is 5.56. The number of halogens is 1. The number of hydrogen-bond donors (Lipinski definition) is 1. The van der Waals surface area contributed by atoms with Crippen LogP contribution in [-0.4, -0.2) is 25.7 Å². The van der Waals surface area contributed by atoms with Gasteiger partial charge in [-0.1, -0.05) is 60.5 Å². The van der Waals surface area contributed by atoms with Crippen molar-refractivity contribution in [3.05, 3.63) is 70.7 Å². The Bertz CT molecular complexity index is 778.